The normalized spacial score (nSPS) is 16.8. The molecule has 7 heteroatoms. The maximum atomic E-state index is 8.36. The minimum atomic E-state index is -5.10. The number of rotatable bonds is 0. The standard InChI is InChI=1S/C3BrCl2N3P/c4-10(5,6,1-7,2-8)3-9/q-1. The molecule has 0 aliphatic heterocycles. The van der Waals surface area contributed by atoms with E-state index in [2.05, 4.69) is 15.5 Å². The molecule has 0 spiro atoms. The molecule has 0 amide bonds. The van der Waals surface area contributed by atoms with Gasteiger partial charge in [-0.2, -0.15) is 0 Å². The summed E-state index contributed by atoms with van der Waals surface area (Å²) < 4.78 is -5.10. The first-order chi connectivity index (χ1) is 4.21. The summed E-state index contributed by atoms with van der Waals surface area (Å²) in [7, 11) is 0. The van der Waals surface area contributed by atoms with E-state index in [-0.39, 0.29) is 0 Å². The molecule has 0 atom stereocenters. The van der Waals surface area contributed by atoms with Gasteiger partial charge in [-0.15, -0.1) is 0 Å². The summed E-state index contributed by atoms with van der Waals surface area (Å²) in [6, 6.07) is 0. The first-order valence-corrected chi connectivity index (χ1v) is 8.36. The second-order valence-electron chi connectivity index (χ2n) is 1.59. The zero-order chi connectivity index (χ0) is 8.53. The van der Waals surface area contributed by atoms with Gasteiger partial charge in [0.1, 0.15) is 0 Å². The van der Waals surface area contributed by atoms with Crippen LogP contribution in [0.15, 0.2) is 0 Å². The van der Waals surface area contributed by atoms with Crippen LogP contribution in [0.3, 0.4) is 0 Å². The van der Waals surface area contributed by atoms with E-state index < -0.39 is 3.35 Å². The van der Waals surface area contributed by atoms with Gasteiger partial charge in [-0.3, -0.25) is 0 Å². The van der Waals surface area contributed by atoms with E-state index >= 15 is 0 Å². The van der Waals surface area contributed by atoms with Crippen LogP contribution in [0.5, 0.6) is 0 Å². The molecular formula is C3BrCl2N3P-. The van der Waals surface area contributed by atoms with Crippen LogP contribution >= 0.6 is 41.3 Å². The predicted octanol–water partition coefficient (Wildman–Crippen LogP) is 3.14. The van der Waals surface area contributed by atoms with Crippen molar-refractivity contribution in [1.82, 2.24) is 0 Å². The van der Waals surface area contributed by atoms with Crippen LogP contribution in [0.2, 0.25) is 0 Å². The molecule has 0 saturated heterocycles. The van der Waals surface area contributed by atoms with Crippen molar-refractivity contribution in [1.29, 1.82) is 15.8 Å². The van der Waals surface area contributed by atoms with Gasteiger partial charge in [-0.1, -0.05) is 0 Å². The molecule has 54 valence electrons. The summed E-state index contributed by atoms with van der Waals surface area (Å²) in [5.74, 6) is 3.88. The fraction of sp³-hybridized carbons (Fsp3) is 0. The second-order valence-corrected chi connectivity index (χ2v) is 18.1. The van der Waals surface area contributed by atoms with E-state index in [0.29, 0.717) is 0 Å². The van der Waals surface area contributed by atoms with E-state index in [1.165, 1.54) is 17.4 Å². The molecular weight excluding hydrogens is 260 g/mol. The summed E-state index contributed by atoms with van der Waals surface area (Å²) >= 11 is 13.2. The van der Waals surface area contributed by atoms with Gasteiger partial charge in [0.25, 0.3) is 0 Å². The number of hydrogen-bond acceptors (Lipinski definition) is 3. The SMILES string of the molecule is N#C[P-](Cl)(Cl)(Br)(C#N)C#N. The average Bonchev–Trinajstić information content (AvgIpc) is 1.90. The Bertz CT molecular complexity index is 260. The maximum absolute atomic E-state index is 8.36. The van der Waals surface area contributed by atoms with Crippen LogP contribution in [-0.4, -0.2) is 0 Å². The summed E-state index contributed by atoms with van der Waals surface area (Å²) in [4.78, 5) is 0. The summed E-state index contributed by atoms with van der Waals surface area (Å²) in [5, 5.41) is 25.1. The molecule has 10 heavy (non-hydrogen) atoms. The molecule has 0 radical (unpaired) electrons. The summed E-state index contributed by atoms with van der Waals surface area (Å²) in [6.45, 7) is 0. The Morgan fingerprint density at radius 3 is 1.20 bits per heavy atom. The van der Waals surface area contributed by atoms with Crippen molar-refractivity contribution in [2.75, 3.05) is 0 Å². The number of hydrogen-bond donors (Lipinski definition) is 0. The number of halogens is 3. The van der Waals surface area contributed by atoms with E-state index in [0.717, 1.165) is 0 Å². The van der Waals surface area contributed by atoms with Crippen LogP contribution in [0, 0.1) is 33.2 Å². The molecule has 0 aromatic rings. The van der Waals surface area contributed by atoms with Crippen molar-refractivity contribution in [3.05, 3.63) is 0 Å². The summed E-state index contributed by atoms with van der Waals surface area (Å²) in [6.07, 6.45) is 0. The molecule has 0 aromatic heterocycles. The molecule has 0 fully saturated rings. The first-order valence-electron chi connectivity index (χ1n) is 1.85. The van der Waals surface area contributed by atoms with Crippen LogP contribution < -0.4 is 0 Å². The van der Waals surface area contributed by atoms with Crippen molar-refractivity contribution in [3.8, 4) is 17.4 Å². The van der Waals surface area contributed by atoms with Crippen LogP contribution in [0.4, 0.5) is 0 Å². The van der Waals surface area contributed by atoms with Gasteiger partial charge in [0, 0.05) is 0 Å². The van der Waals surface area contributed by atoms with Gasteiger partial charge in [-0.05, 0) is 0 Å². The molecule has 0 N–H and O–H groups in total. The predicted molar refractivity (Wildman–Crippen MR) is 44.4 cm³/mol. The monoisotopic (exact) mass is 258 g/mol. The molecule has 0 rings (SSSR count). The van der Waals surface area contributed by atoms with Crippen molar-refractivity contribution in [2.45, 2.75) is 0 Å². The fourth-order valence-corrected chi connectivity index (χ4v) is 0.201. The quantitative estimate of drug-likeness (QED) is 0.628. The third-order valence-electron chi connectivity index (χ3n) is 0.640. The van der Waals surface area contributed by atoms with E-state index in [1.54, 1.807) is 0 Å². The Labute approximate surface area is 74.6 Å². The van der Waals surface area contributed by atoms with Gasteiger partial charge in [0.15, 0.2) is 0 Å². The second kappa shape index (κ2) is 1.76. The van der Waals surface area contributed by atoms with E-state index in [9.17, 15) is 0 Å². The van der Waals surface area contributed by atoms with Gasteiger partial charge in [-0.25, -0.2) is 0 Å². The molecule has 0 saturated carbocycles. The zero-order valence-corrected chi connectivity index (χ0v) is 8.42. The fourth-order valence-electron chi connectivity index (χ4n) is 0.0671. The molecule has 0 bridgehead atoms. The Hall–Kier alpha value is -0.0400. The number of nitriles is 3. The van der Waals surface area contributed by atoms with Crippen LogP contribution in [-0.2, 0) is 0 Å². The Kier molecular flexibility index (Phi) is 1.75. The van der Waals surface area contributed by atoms with Crippen LogP contribution in [0.1, 0.15) is 0 Å². The number of nitrogens with zero attached hydrogens (tertiary/aromatic N) is 3. The Morgan fingerprint density at radius 1 is 1.00 bits per heavy atom. The molecule has 0 aromatic carbocycles. The third kappa shape index (κ3) is 1.72. The molecule has 0 aliphatic carbocycles. The molecule has 0 heterocycles. The van der Waals surface area contributed by atoms with Gasteiger partial charge in [0.05, 0.1) is 0 Å². The van der Waals surface area contributed by atoms with Gasteiger partial charge >= 0.3 is 74.5 Å². The topological polar surface area (TPSA) is 71.4 Å². The molecule has 3 nitrogen and oxygen atoms in total. The van der Waals surface area contributed by atoms with E-state index in [4.69, 9.17) is 38.3 Å². The van der Waals surface area contributed by atoms with Crippen LogP contribution in [0.25, 0.3) is 0 Å². The first kappa shape index (κ1) is 9.96. The third-order valence-corrected chi connectivity index (χ3v) is 4.71. The van der Waals surface area contributed by atoms with Crippen molar-refractivity contribution in [3.63, 3.8) is 0 Å². The van der Waals surface area contributed by atoms with Crippen molar-refractivity contribution >= 4 is 41.3 Å². The zero-order valence-electron chi connectivity index (χ0n) is 4.42. The van der Waals surface area contributed by atoms with Crippen molar-refractivity contribution in [2.24, 2.45) is 0 Å². The van der Waals surface area contributed by atoms with E-state index in [1.807, 2.05) is 0 Å². The Balaban J connectivity index is 5.71. The van der Waals surface area contributed by atoms with Crippen molar-refractivity contribution < 1.29 is 0 Å². The van der Waals surface area contributed by atoms with Gasteiger partial charge < -0.3 is 0 Å². The Morgan fingerprint density at radius 2 is 1.20 bits per heavy atom. The molecule has 0 unspecified atom stereocenters. The minimum absolute atomic E-state index is 1.29. The average molecular weight is 260 g/mol. The van der Waals surface area contributed by atoms with Gasteiger partial charge in [0.2, 0.25) is 0 Å². The molecule has 0 aliphatic rings. The summed E-state index contributed by atoms with van der Waals surface area (Å²) in [5.41, 5.74) is 0.